The van der Waals surface area contributed by atoms with Gasteiger partial charge in [-0.2, -0.15) is 0 Å². The minimum absolute atomic E-state index is 0.234. The van der Waals surface area contributed by atoms with Crippen LogP contribution in [0.5, 0.6) is 0 Å². The molecule has 1 fully saturated rings. The van der Waals surface area contributed by atoms with Crippen LogP contribution in [0.1, 0.15) is 64.2 Å². The molecular formula is C14H24FN. The monoisotopic (exact) mass is 225 g/mol. The van der Waals surface area contributed by atoms with E-state index in [4.69, 9.17) is 5.73 Å². The Hall–Kier alpha value is -0.370. The van der Waals surface area contributed by atoms with Crippen LogP contribution in [0.4, 0.5) is 4.39 Å². The molecule has 0 aromatic heterocycles. The van der Waals surface area contributed by atoms with Crippen molar-refractivity contribution < 1.29 is 4.39 Å². The number of hydrogen-bond acceptors (Lipinski definition) is 1. The molecule has 92 valence electrons. The average Bonchev–Trinajstić information content (AvgIpc) is 2.22. The topological polar surface area (TPSA) is 26.0 Å². The van der Waals surface area contributed by atoms with Crippen molar-refractivity contribution in [1.82, 2.24) is 0 Å². The Kier molecular flexibility index (Phi) is 4.01. The molecule has 0 aromatic carbocycles. The Morgan fingerprint density at radius 3 is 2.56 bits per heavy atom. The summed E-state index contributed by atoms with van der Waals surface area (Å²) in [5.74, 6) is 0. The first-order valence-electron chi connectivity index (χ1n) is 6.85. The van der Waals surface area contributed by atoms with Gasteiger partial charge in [0.2, 0.25) is 0 Å². The summed E-state index contributed by atoms with van der Waals surface area (Å²) in [6, 6.07) is 0.234. The fourth-order valence-corrected chi connectivity index (χ4v) is 3.02. The number of halogens is 1. The number of rotatable bonds is 1. The third-order valence-electron chi connectivity index (χ3n) is 4.19. The summed E-state index contributed by atoms with van der Waals surface area (Å²) in [5, 5.41) is 0. The van der Waals surface area contributed by atoms with Crippen molar-refractivity contribution in [2.45, 2.75) is 75.9 Å². The summed E-state index contributed by atoms with van der Waals surface area (Å²) < 4.78 is 14.8. The average molecular weight is 225 g/mol. The van der Waals surface area contributed by atoms with E-state index in [1.165, 1.54) is 25.7 Å². The van der Waals surface area contributed by atoms with Crippen LogP contribution >= 0.6 is 0 Å². The summed E-state index contributed by atoms with van der Waals surface area (Å²) in [7, 11) is 0. The molecule has 2 heteroatoms. The second-order valence-electron chi connectivity index (χ2n) is 5.48. The zero-order valence-corrected chi connectivity index (χ0v) is 10.2. The maximum absolute atomic E-state index is 14.8. The molecule has 0 spiro atoms. The highest BCUT2D eigenvalue weighted by molar-refractivity contribution is 5.19. The molecule has 0 unspecified atom stereocenters. The van der Waals surface area contributed by atoms with E-state index in [0.29, 0.717) is 12.8 Å². The van der Waals surface area contributed by atoms with Crippen LogP contribution in [0.3, 0.4) is 0 Å². The molecule has 2 aliphatic carbocycles. The molecule has 2 aliphatic rings. The van der Waals surface area contributed by atoms with E-state index in [1.807, 2.05) is 0 Å². The van der Waals surface area contributed by atoms with Crippen molar-refractivity contribution in [2.75, 3.05) is 0 Å². The van der Waals surface area contributed by atoms with Crippen LogP contribution in [0.15, 0.2) is 11.6 Å². The molecule has 0 amide bonds. The SMILES string of the molecule is NC1CCC(F)(C2=CCCCCCC2)CC1. The van der Waals surface area contributed by atoms with E-state index in [9.17, 15) is 4.39 Å². The van der Waals surface area contributed by atoms with Gasteiger partial charge in [0.25, 0.3) is 0 Å². The molecule has 16 heavy (non-hydrogen) atoms. The minimum atomic E-state index is -1.01. The van der Waals surface area contributed by atoms with Gasteiger partial charge < -0.3 is 5.73 Å². The normalized spacial score (nSPS) is 37.4. The Balaban J connectivity index is 2.03. The summed E-state index contributed by atoms with van der Waals surface area (Å²) in [6.45, 7) is 0. The number of nitrogens with two attached hydrogens (primary N) is 1. The van der Waals surface area contributed by atoms with Crippen LogP contribution in [0, 0.1) is 0 Å². The second-order valence-corrected chi connectivity index (χ2v) is 5.48. The van der Waals surface area contributed by atoms with E-state index in [-0.39, 0.29) is 6.04 Å². The smallest absolute Gasteiger partial charge is 0.132 e. The highest BCUT2D eigenvalue weighted by Crippen LogP contribution is 2.40. The van der Waals surface area contributed by atoms with Gasteiger partial charge in [0.15, 0.2) is 0 Å². The Bertz CT molecular complexity index is 251. The summed E-state index contributed by atoms with van der Waals surface area (Å²) in [4.78, 5) is 0. The standard InChI is InChI=1S/C14H24FN/c15-14(10-8-13(16)9-11-14)12-6-4-2-1-3-5-7-12/h6,13H,1-5,7-11,16H2. The van der Waals surface area contributed by atoms with Gasteiger partial charge in [-0.3, -0.25) is 0 Å². The van der Waals surface area contributed by atoms with Crippen LogP contribution in [0.2, 0.25) is 0 Å². The summed E-state index contributed by atoms with van der Waals surface area (Å²) in [5.41, 5.74) is 5.94. The van der Waals surface area contributed by atoms with Crippen molar-refractivity contribution >= 4 is 0 Å². The van der Waals surface area contributed by atoms with Crippen LogP contribution in [-0.4, -0.2) is 11.7 Å². The van der Waals surface area contributed by atoms with E-state index < -0.39 is 5.67 Å². The molecular weight excluding hydrogens is 201 g/mol. The highest BCUT2D eigenvalue weighted by atomic mass is 19.1. The van der Waals surface area contributed by atoms with Crippen molar-refractivity contribution in [1.29, 1.82) is 0 Å². The summed E-state index contributed by atoms with van der Waals surface area (Å²) in [6.07, 6.45) is 12.3. The lowest BCUT2D eigenvalue weighted by molar-refractivity contribution is 0.133. The van der Waals surface area contributed by atoms with Gasteiger partial charge >= 0.3 is 0 Å². The molecule has 1 nitrogen and oxygen atoms in total. The second kappa shape index (κ2) is 5.31. The lowest BCUT2D eigenvalue weighted by Crippen LogP contribution is -2.37. The molecule has 0 aliphatic heterocycles. The molecule has 0 bridgehead atoms. The molecule has 1 saturated carbocycles. The van der Waals surface area contributed by atoms with E-state index in [1.54, 1.807) is 0 Å². The van der Waals surface area contributed by atoms with Crippen LogP contribution in [0.25, 0.3) is 0 Å². The zero-order valence-electron chi connectivity index (χ0n) is 10.2. The van der Waals surface area contributed by atoms with Gasteiger partial charge in [-0.05, 0) is 56.9 Å². The minimum Gasteiger partial charge on any atom is -0.328 e. The maximum atomic E-state index is 14.8. The van der Waals surface area contributed by atoms with Crippen molar-refractivity contribution in [3.63, 3.8) is 0 Å². The summed E-state index contributed by atoms with van der Waals surface area (Å²) >= 11 is 0. The maximum Gasteiger partial charge on any atom is 0.132 e. The quantitative estimate of drug-likeness (QED) is 0.673. The van der Waals surface area contributed by atoms with Crippen molar-refractivity contribution in [3.05, 3.63) is 11.6 Å². The van der Waals surface area contributed by atoms with E-state index >= 15 is 0 Å². The zero-order chi connectivity index (χ0) is 11.4. The number of allylic oxidation sites excluding steroid dienone is 2. The fourth-order valence-electron chi connectivity index (χ4n) is 3.02. The van der Waals surface area contributed by atoms with Gasteiger partial charge in [-0.25, -0.2) is 4.39 Å². The van der Waals surface area contributed by atoms with Crippen LogP contribution < -0.4 is 5.73 Å². The Labute approximate surface area is 98.3 Å². The number of alkyl halides is 1. The highest BCUT2D eigenvalue weighted by Gasteiger charge is 2.37. The molecule has 2 N–H and O–H groups in total. The lowest BCUT2D eigenvalue weighted by atomic mass is 9.76. The van der Waals surface area contributed by atoms with E-state index in [0.717, 1.165) is 31.3 Å². The molecule has 2 rings (SSSR count). The van der Waals surface area contributed by atoms with Crippen molar-refractivity contribution in [3.8, 4) is 0 Å². The van der Waals surface area contributed by atoms with Gasteiger partial charge in [-0.15, -0.1) is 0 Å². The van der Waals surface area contributed by atoms with Crippen molar-refractivity contribution in [2.24, 2.45) is 5.73 Å². The predicted octanol–water partition coefficient (Wildman–Crippen LogP) is 3.88. The molecule has 0 atom stereocenters. The Morgan fingerprint density at radius 1 is 1.12 bits per heavy atom. The fraction of sp³-hybridized carbons (Fsp3) is 0.857. The largest absolute Gasteiger partial charge is 0.328 e. The Morgan fingerprint density at radius 2 is 1.81 bits per heavy atom. The molecule has 0 radical (unpaired) electrons. The first kappa shape index (κ1) is 12.1. The first-order chi connectivity index (χ1) is 7.71. The van der Waals surface area contributed by atoms with Gasteiger partial charge in [0, 0.05) is 6.04 Å². The van der Waals surface area contributed by atoms with Gasteiger partial charge in [-0.1, -0.05) is 18.9 Å². The van der Waals surface area contributed by atoms with Crippen LogP contribution in [-0.2, 0) is 0 Å². The lowest BCUT2D eigenvalue weighted by Gasteiger charge is -2.35. The molecule has 0 aromatic rings. The van der Waals surface area contributed by atoms with E-state index in [2.05, 4.69) is 6.08 Å². The number of hydrogen-bond donors (Lipinski definition) is 1. The molecule has 0 saturated heterocycles. The third kappa shape index (κ3) is 2.85. The van der Waals surface area contributed by atoms with Gasteiger partial charge in [0.05, 0.1) is 0 Å². The first-order valence-corrected chi connectivity index (χ1v) is 6.85. The molecule has 0 heterocycles. The predicted molar refractivity (Wildman–Crippen MR) is 66.1 cm³/mol. The third-order valence-corrected chi connectivity index (χ3v) is 4.19. The van der Waals surface area contributed by atoms with Gasteiger partial charge in [0.1, 0.15) is 5.67 Å².